The van der Waals surface area contributed by atoms with Crippen molar-refractivity contribution in [1.29, 1.82) is 0 Å². The summed E-state index contributed by atoms with van der Waals surface area (Å²) in [5, 5.41) is 0. The molecule has 0 aliphatic carbocycles. The van der Waals surface area contributed by atoms with E-state index in [9.17, 15) is 0 Å². The molecule has 0 atom stereocenters. The molecule has 2 aromatic carbocycles. The van der Waals surface area contributed by atoms with Gasteiger partial charge in [0.25, 0.3) is 0 Å². The fraction of sp³-hybridized carbons (Fsp3) is 0.0588. The maximum atomic E-state index is 5.84. The number of allylic oxidation sites excluding steroid dienone is 2. The topological polar surface area (TPSA) is 9.23 Å². The molecular weight excluding hydrogens is 220 g/mol. The molecule has 2 aromatic rings. The van der Waals surface area contributed by atoms with Crippen LogP contribution in [0.1, 0.15) is 11.1 Å². The van der Waals surface area contributed by atoms with E-state index in [2.05, 4.69) is 18.7 Å². The van der Waals surface area contributed by atoms with E-state index < -0.39 is 0 Å². The third kappa shape index (κ3) is 3.36. The van der Waals surface area contributed by atoms with Gasteiger partial charge < -0.3 is 4.74 Å². The van der Waals surface area contributed by atoms with Crippen LogP contribution in [0.15, 0.2) is 79.4 Å². The largest absolute Gasteiger partial charge is 0.488 e. The Labute approximate surface area is 108 Å². The number of benzene rings is 2. The number of hydrogen-bond donors (Lipinski definition) is 0. The van der Waals surface area contributed by atoms with Crippen molar-refractivity contribution in [3.05, 3.63) is 90.5 Å². The normalized spacial score (nSPS) is 11.0. The maximum absolute atomic E-state index is 5.84. The highest BCUT2D eigenvalue weighted by molar-refractivity contribution is 5.61. The summed E-state index contributed by atoms with van der Waals surface area (Å²) in [6.45, 7) is 4.29. The molecule has 0 bridgehead atoms. The second kappa shape index (κ2) is 6.45. The Kier molecular flexibility index (Phi) is 4.37. The van der Waals surface area contributed by atoms with Crippen molar-refractivity contribution < 1.29 is 4.74 Å². The SMILES string of the molecule is C=CC=C(OCc1ccccc1)c1ccccc1. The molecule has 0 spiro atoms. The summed E-state index contributed by atoms with van der Waals surface area (Å²) in [7, 11) is 0. The smallest absolute Gasteiger partial charge is 0.127 e. The van der Waals surface area contributed by atoms with E-state index in [0.29, 0.717) is 6.61 Å². The third-order valence-electron chi connectivity index (χ3n) is 2.56. The first-order chi connectivity index (χ1) is 8.90. The fourth-order valence-corrected chi connectivity index (χ4v) is 1.67. The van der Waals surface area contributed by atoms with Gasteiger partial charge in [-0.1, -0.05) is 73.3 Å². The summed E-state index contributed by atoms with van der Waals surface area (Å²) in [5.41, 5.74) is 2.22. The van der Waals surface area contributed by atoms with Crippen LogP contribution in [0, 0.1) is 0 Å². The summed E-state index contributed by atoms with van der Waals surface area (Å²) < 4.78 is 5.84. The molecule has 18 heavy (non-hydrogen) atoms. The molecule has 0 saturated heterocycles. The summed E-state index contributed by atoms with van der Waals surface area (Å²) in [4.78, 5) is 0. The first-order valence-electron chi connectivity index (χ1n) is 5.95. The first-order valence-corrected chi connectivity index (χ1v) is 5.95. The Hall–Kier alpha value is -2.28. The van der Waals surface area contributed by atoms with Crippen LogP contribution in [0.2, 0.25) is 0 Å². The zero-order chi connectivity index (χ0) is 12.6. The van der Waals surface area contributed by atoms with Crippen molar-refractivity contribution in [3.8, 4) is 0 Å². The lowest BCUT2D eigenvalue weighted by Gasteiger charge is -2.10. The van der Waals surface area contributed by atoms with Gasteiger partial charge in [-0.3, -0.25) is 0 Å². The molecule has 0 radical (unpaired) electrons. The van der Waals surface area contributed by atoms with Gasteiger partial charge in [-0.05, 0) is 11.6 Å². The molecule has 1 nitrogen and oxygen atoms in total. The predicted molar refractivity (Wildman–Crippen MR) is 75.8 cm³/mol. The molecule has 0 heterocycles. The van der Waals surface area contributed by atoms with Crippen molar-refractivity contribution in [2.24, 2.45) is 0 Å². The molecule has 0 amide bonds. The van der Waals surface area contributed by atoms with Crippen LogP contribution in [0.25, 0.3) is 5.76 Å². The predicted octanol–water partition coefficient (Wildman–Crippen LogP) is 4.43. The molecule has 0 saturated carbocycles. The zero-order valence-electron chi connectivity index (χ0n) is 10.3. The van der Waals surface area contributed by atoms with Crippen molar-refractivity contribution in [2.45, 2.75) is 6.61 Å². The minimum absolute atomic E-state index is 0.565. The molecule has 90 valence electrons. The molecule has 1 heteroatoms. The average Bonchev–Trinajstić information content (AvgIpc) is 2.45. The van der Waals surface area contributed by atoms with E-state index in [-0.39, 0.29) is 0 Å². The van der Waals surface area contributed by atoms with E-state index in [4.69, 9.17) is 4.74 Å². The molecular formula is C17H16O. The highest BCUT2D eigenvalue weighted by atomic mass is 16.5. The summed E-state index contributed by atoms with van der Waals surface area (Å²) in [5.74, 6) is 0.842. The van der Waals surface area contributed by atoms with Gasteiger partial charge in [0, 0.05) is 5.56 Å². The molecule has 0 fully saturated rings. The number of ether oxygens (including phenoxy) is 1. The van der Waals surface area contributed by atoms with Gasteiger partial charge in [-0.2, -0.15) is 0 Å². The Morgan fingerprint density at radius 2 is 1.56 bits per heavy atom. The third-order valence-corrected chi connectivity index (χ3v) is 2.56. The monoisotopic (exact) mass is 236 g/mol. The molecule has 0 aliphatic heterocycles. The summed E-state index contributed by atoms with van der Waals surface area (Å²) in [6, 6.07) is 20.2. The highest BCUT2D eigenvalue weighted by Crippen LogP contribution is 2.17. The van der Waals surface area contributed by atoms with Crippen molar-refractivity contribution in [1.82, 2.24) is 0 Å². The second-order valence-electron chi connectivity index (χ2n) is 3.91. The average molecular weight is 236 g/mol. The second-order valence-corrected chi connectivity index (χ2v) is 3.91. The molecule has 0 N–H and O–H groups in total. The molecule has 0 aliphatic rings. The Balaban J connectivity index is 2.09. The van der Waals surface area contributed by atoms with Crippen molar-refractivity contribution in [3.63, 3.8) is 0 Å². The first kappa shape index (κ1) is 12.2. The molecule has 2 rings (SSSR count). The van der Waals surface area contributed by atoms with Crippen LogP contribution >= 0.6 is 0 Å². The van der Waals surface area contributed by atoms with E-state index in [1.54, 1.807) is 6.08 Å². The van der Waals surface area contributed by atoms with E-state index >= 15 is 0 Å². The number of rotatable bonds is 5. The van der Waals surface area contributed by atoms with Gasteiger partial charge in [-0.25, -0.2) is 0 Å². The quantitative estimate of drug-likeness (QED) is 0.551. The van der Waals surface area contributed by atoms with Gasteiger partial charge in [0.2, 0.25) is 0 Å². The standard InChI is InChI=1S/C17H16O/c1-2-9-17(16-12-7-4-8-13-16)18-14-15-10-5-3-6-11-15/h2-13H,1,14H2. The van der Waals surface area contributed by atoms with Gasteiger partial charge in [-0.15, -0.1) is 0 Å². The van der Waals surface area contributed by atoms with Crippen LogP contribution in [-0.2, 0) is 11.3 Å². The lowest BCUT2D eigenvalue weighted by atomic mass is 10.2. The maximum Gasteiger partial charge on any atom is 0.127 e. The summed E-state index contributed by atoms with van der Waals surface area (Å²) in [6.07, 6.45) is 3.63. The lowest BCUT2D eigenvalue weighted by Crippen LogP contribution is -1.93. The zero-order valence-corrected chi connectivity index (χ0v) is 10.3. The lowest BCUT2D eigenvalue weighted by molar-refractivity contribution is 0.264. The van der Waals surface area contributed by atoms with Crippen molar-refractivity contribution in [2.75, 3.05) is 0 Å². The van der Waals surface area contributed by atoms with Gasteiger partial charge in [0.15, 0.2) is 0 Å². The minimum atomic E-state index is 0.565. The van der Waals surface area contributed by atoms with E-state index in [1.165, 1.54) is 0 Å². The summed E-state index contributed by atoms with van der Waals surface area (Å²) >= 11 is 0. The van der Waals surface area contributed by atoms with E-state index in [0.717, 1.165) is 16.9 Å². The Morgan fingerprint density at radius 3 is 2.17 bits per heavy atom. The van der Waals surface area contributed by atoms with Crippen LogP contribution in [0.3, 0.4) is 0 Å². The minimum Gasteiger partial charge on any atom is -0.488 e. The van der Waals surface area contributed by atoms with Crippen LogP contribution in [-0.4, -0.2) is 0 Å². The van der Waals surface area contributed by atoms with Crippen LogP contribution in [0.5, 0.6) is 0 Å². The molecule has 0 aromatic heterocycles. The Morgan fingerprint density at radius 1 is 0.944 bits per heavy atom. The number of hydrogen-bond acceptors (Lipinski definition) is 1. The van der Waals surface area contributed by atoms with Gasteiger partial charge in [0.1, 0.15) is 12.4 Å². The Bertz CT molecular complexity index is 512. The van der Waals surface area contributed by atoms with E-state index in [1.807, 2.05) is 54.6 Å². The fourth-order valence-electron chi connectivity index (χ4n) is 1.67. The molecule has 0 unspecified atom stereocenters. The van der Waals surface area contributed by atoms with Crippen molar-refractivity contribution >= 4 is 5.76 Å². The van der Waals surface area contributed by atoms with Crippen LogP contribution in [0.4, 0.5) is 0 Å². The van der Waals surface area contributed by atoms with Crippen LogP contribution < -0.4 is 0 Å². The highest BCUT2D eigenvalue weighted by Gasteiger charge is 2.01. The van der Waals surface area contributed by atoms with Gasteiger partial charge in [0.05, 0.1) is 0 Å². The van der Waals surface area contributed by atoms with Gasteiger partial charge >= 0.3 is 0 Å².